The van der Waals surface area contributed by atoms with E-state index in [1.54, 1.807) is 24.3 Å². The minimum atomic E-state index is -0.432. The molecule has 0 aliphatic carbocycles. The van der Waals surface area contributed by atoms with Crippen LogP contribution in [0, 0.1) is 0 Å². The predicted octanol–water partition coefficient (Wildman–Crippen LogP) is 3.31. The SMILES string of the molecule is CCOc1ccc(C(=O)NC(=S)NNC(=O)COc2ccc(C(C)CC)cc2)cc1. The van der Waals surface area contributed by atoms with Crippen LogP contribution in [0.4, 0.5) is 0 Å². The van der Waals surface area contributed by atoms with Crippen molar-refractivity contribution in [1.29, 1.82) is 0 Å². The molecule has 0 fully saturated rings. The maximum atomic E-state index is 12.2. The third kappa shape index (κ3) is 7.36. The Balaban J connectivity index is 1.72. The Morgan fingerprint density at radius 2 is 1.53 bits per heavy atom. The van der Waals surface area contributed by atoms with Gasteiger partial charge in [0.1, 0.15) is 11.5 Å². The Morgan fingerprint density at radius 1 is 0.933 bits per heavy atom. The first-order valence-electron chi connectivity index (χ1n) is 9.78. The summed E-state index contributed by atoms with van der Waals surface area (Å²) in [5, 5.41) is 2.46. The molecule has 7 nitrogen and oxygen atoms in total. The highest BCUT2D eigenvalue weighted by Gasteiger charge is 2.09. The molecule has 0 aliphatic heterocycles. The largest absolute Gasteiger partial charge is 0.494 e. The van der Waals surface area contributed by atoms with Gasteiger partial charge in [-0.15, -0.1) is 0 Å². The fourth-order valence-electron chi connectivity index (χ4n) is 2.52. The lowest BCUT2D eigenvalue weighted by molar-refractivity contribution is -0.123. The lowest BCUT2D eigenvalue weighted by Crippen LogP contribution is -2.49. The minimum absolute atomic E-state index is 0.0276. The molecule has 30 heavy (non-hydrogen) atoms. The average Bonchev–Trinajstić information content (AvgIpc) is 2.76. The summed E-state index contributed by atoms with van der Waals surface area (Å²) in [5.41, 5.74) is 6.50. The summed E-state index contributed by atoms with van der Waals surface area (Å²) in [5.74, 6) is 0.923. The highest BCUT2D eigenvalue weighted by molar-refractivity contribution is 7.80. The van der Waals surface area contributed by atoms with Crippen molar-refractivity contribution in [3.63, 3.8) is 0 Å². The summed E-state index contributed by atoms with van der Waals surface area (Å²) in [6.45, 7) is 6.54. The highest BCUT2D eigenvalue weighted by Crippen LogP contribution is 2.21. The van der Waals surface area contributed by atoms with Crippen molar-refractivity contribution in [1.82, 2.24) is 16.2 Å². The molecule has 0 saturated heterocycles. The van der Waals surface area contributed by atoms with Crippen LogP contribution in [0.15, 0.2) is 48.5 Å². The van der Waals surface area contributed by atoms with Crippen LogP contribution in [0.2, 0.25) is 0 Å². The lowest BCUT2D eigenvalue weighted by Gasteiger charge is -2.12. The quantitative estimate of drug-likeness (QED) is 0.441. The van der Waals surface area contributed by atoms with Crippen molar-refractivity contribution in [3.05, 3.63) is 59.7 Å². The number of hydrogen-bond acceptors (Lipinski definition) is 5. The second-order valence-corrected chi connectivity index (χ2v) is 6.99. The van der Waals surface area contributed by atoms with E-state index in [1.165, 1.54) is 5.56 Å². The highest BCUT2D eigenvalue weighted by atomic mass is 32.1. The smallest absolute Gasteiger partial charge is 0.276 e. The average molecular weight is 430 g/mol. The standard InChI is InChI=1S/C22H27N3O4S/c1-4-15(3)16-6-10-19(11-7-16)29-14-20(26)24-25-22(30)23-21(27)17-8-12-18(13-9-17)28-5-2/h6-13,15H,4-5,14H2,1-3H3,(H,24,26)(H2,23,25,27,30). The lowest BCUT2D eigenvalue weighted by atomic mass is 9.99. The van der Waals surface area contributed by atoms with Gasteiger partial charge in [-0.1, -0.05) is 26.0 Å². The van der Waals surface area contributed by atoms with Gasteiger partial charge < -0.3 is 9.47 Å². The van der Waals surface area contributed by atoms with Crippen molar-refractivity contribution in [3.8, 4) is 11.5 Å². The summed E-state index contributed by atoms with van der Waals surface area (Å²) in [6.07, 6.45) is 1.06. The monoisotopic (exact) mass is 429 g/mol. The Labute approximate surface area is 182 Å². The number of amides is 2. The fourth-order valence-corrected chi connectivity index (χ4v) is 2.66. The van der Waals surface area contributed by atoms with Gasteiger partial charge >= 0.3 is 0 Å². The Morgan fingerprint density at radius 3 is 2.13 bits per heavy atom. The molecule has 160 valence electrons. The topological polar surface area (TPSA) is 88.7 Å². The Hall–Kier alpha value is -3.13. The number of hydrogen-bond donors (Lipinski definition) is 3. The molecule has 3 N–H and O–H groups in total. The summed E-state index contributed by atoms with van der Waals surface area (Å²) >= 11 is 5.02. The van der Waals surface area contributed by atoms with Crippen LogP contribution in [0.5, 0.6) is 11.5 Å². The van der Waals surface area contributed by atoms with Gasteiger partial charge in [0.05, 0.1) is 6.61 Å². The van der Waals surface area contributed by atoms with Gasteiger partial charge in [0, 0.05) is 5.56 Å². The van der Waals surface area contributed by atoms with E-state index in [4.69, 9.17) is 21.7 Å². The second kappa shape index (κ2) is 11.8. The van der Waals surface area contributed by atoms with Crippen molar-refractivity contribution in [2.24, 2.45) is 0 Å². The van der Waals surface area contributed by atoms with E-state index >= 15 is 0 Å². The molecule has 8 heteroatoms. The van der Waals surface area contributed by atoms with Crippen LogP contribution in [-0.4, -0.2) is 30.1 Å². The first-order chi connectivity index (χ1) is 14.4. The van der Waals surface area contributed by atoms with Gasteiger partial charge in [-0.2, -0.15) is 0 Å². The van der Waals surface area contributed by atoms with Gasteiger partial charge in [-0.3, -0.25) is 25.8 Å². The fraction of sp³-hybridized carbons (Fsp3) is 0.318. The second-order valence-electron chi connectivity index (χ2n) is 6.58. The van der Waals surface area contributed by atoms with Crippen molar-refractivity contribution in [2.75, 3.05) is 13.2 Å². The molecule has 0 aliphatic rings. The predicted molar refractivity (Wildman–Crippen MR) is 120 cm³/mol. The van der Waals surface area contributed by atoms with Crippen LogP contribution < -0.4 is 25.6 Å². The number of benzene rings is 2. The van der Waals surface area contributed by atoms with Gasteiger partial charge in [-0.05, 0) is 73.4 Å². The zero-order valence-electron chi connectivity index (χ0n) is 17.4. The van der Waals surface area contributed by atoms with E-state index < -0.39 is 11.8 Å². The third-order valence-electron chi connectivity index (χ3n) is 4.40. The minimum Gasteiger partial charge on any atom is -0.494 e. The molecule has 0 bridgehead atoms. The number of ether oxygens (including phenoxy) is 2. The van der Waals surface area contributed by atoms with Crippen molar-refractivity contribution >= 4 is 29.1 Å². The molecule has 1 unspecified atom stereocenters. The summed E-state index contributed by atoms with van der Waals surface area (Å²) in [4.78, 5) is 24.1. The molecule has 2 aromatic carbocycles. The molecule has 1 atom stereocenters. The first kappa shape index (κ1) is 23.2. The van der Waals surface area contributed by atoms with E-state index in [1.807, 2.05) is 31.2 Å². The van der Waals surface area contributed by atoms with Gasteiger partial charge in [0.25, 0.3) is 11.8 Å². The van der Waals surface area contributed by atoms with E-state index in [-0.39, 0.29) is 11.7 Å². The summed E-state index contributed by atoms with van der Waals surface area (Å²) < 4.78 is 10.8. The van der Waals surface area contributed by atoms with Crippen LogP contribution in [-0.2, 0) is 4.79 Å². The van der Waals surface area contributed by atoms with Crippen LogP contribution in [0.3, 0.4) is 0 Å². The zero-order valence-corrected chi connectivity index (χ0v) is 18.2. The number of rotatable bonds is 8. The van der Waals surface area contributed by atoms with E-state index in [2.05, 4.69) is 30.0 Å². The molecule has 2 rings (SSSR count). The van der Waals surface area contributed by atoms with E-state index in [0.29, 0.717) is 29.6 Å². The van der Waals surface area contributed by atoms with Crippen LogP contribution >= 0.6 is 12.2 Å². The molecule has 2 aromatic rings. The molecular formula is C22H27N3O4S. The summed E-state index contributed by atoms with van der Waals surface area (Å²) in [6, 6.07) is 14.3. The number of carbonyl (C=O) groups excluding carboxylic acids is 2. The molecule has 0 radical (unpaired) electrons. The number of hydrazine groups is 1. The number of thiocarbonyl (C=S) groups is 1. The molecule has 0 aromatic heterocycles. The molecule has 0 spiro atoms. The van der Waals surface area contributed by atoms with Crippen molar-refractivity contribution < 1.29 is 19.1 Å². The van der Waals surface area contributed by atoms with Gasteiger partial charge in [-0.25, -0.2) is 0 Å². The first-order valence-corrected chi connectivity index (χ1v) is 10.2. The van der Waals surface area contributed by atoms with Crippen LogP contribution in [0.25, 0.3) is 0 Å². The molecule has 0 heterocycles. The van der Waals surface area contributed by atoms with E-state index in [9.17, 15) is 9.59 Å². The molecule has 0 saturated carbocycles. The van der Waals surface area contributed by atoms with E-state index in [0.717, 1.165) is 6.42 Å². The van der Waals surface area contributed by atoms with Crippen molar-refractivity contribution in [2.45, 2.75) is 33.1 Å². The zero-order chi connectivity index (χ0) is 21.9. The molecule has 2 amide bonds. The maximum Gasteiger partial charge on any atom is 0.276 e. The number of carbonyl (C=O) groups is 2. The summed E-state index contributed by atoms with van der Waals surface area (Å²) in [7, 11) is 0. The van der Waals surface area contributed by atoms with Crippen LogP contribution in [0.1, 0.15) is 49.0 Å². The Bertz CT molecular complexity index is 854. The normalized spacial score (nSPS) is 11.2. The third-order valence-corrected chi connectivity index (χ3v) is 4.61. The van der Waals surface area contributed by atoms with Gasteiger partial charge in [0.15, 0.2) is 11.7 Å². The van der Waals surface area contributed by atoms with Gasteiger partial charge in [0.2, 0.25) is 0 Å². The number of nitrogens with one attached hydrogen (secondary N) is 3. The Kier molecular flexibility index (Phi) is 9.08. The molecular weight excluding hydrogens is 402 g/mol. The maximum absolute atomic E-state index is 12.2.